The molecule has 132 valence electrons. The van der Waals surface area contributed by atoms with E-state index in [0.29, 0.717) is 11.7 Å². The Hall–Kier alpha value is -3.02. The molecular weight excluding hydrogens is 322 g/mol. The number of hydrogen-bond donors (Lipinski definition) is 3. The van der Waals surface area contributed by atoms with Gasteiger partial charge in [-0.05, 0) is 54.3 Å². The van der Waals surface area contributed by atoms with Gasteiger partial charge >= 0.3 is 5.97 Å². The molecule has 6 nitrogen and oxygen atoms in total. The van der Waals surface area contributed by atoms with Gasteiger partial charge in [0, 0.05) is 5.69 Å². The minimum atomic E-state index is -1.27. The van der Waals surface area contributed by atoms with Crippen molar-refractivity contribution in [3.05, 3.63) is 53.1 Å². The van der Waals surface area contributed by atoms with Crippen molar-refractivity contribution in [1.29, 1.82) is 0 Å². The SMILES string of the molecule is Cc1cc(OCC(=O)Nc2ccc(O)c(C(=O)O)c2)ccc1C(C)C. The first-order valence-electron chi connectivity index (χ1n) is 7.87. The van der Waals surface area contributed by atoms with Gasteiger partial charge in [-0.15, -0.1) is 0 Å². The quantitative estimate of drug-likeness (QED) is 0.697. The summed E-state index contributed by atoms with van der Waals surface area (Å²) in [5, 5.41) is 21.0. The number of carboxylic acids is 1. The molecule has 2 rings (SSSR count). The monoisotopic (exact) mass is 343 g/mol. The summed E-state index contributed by atoms with van der Waals surface area (Å²) in [7, 11) is 0. The minimum Gasteiger partial charge on any atom is -0.507 e. The molecule has 0 bridgehead atoms. The Morgan fingerprint density at radius 3 is 2.48 bits per heavy atom. The zero-order valence-electron chi connectivity index (χ0n) is 14.4. The van der Waals surface area contributed by atoms with Gasteiger partial charge in [-0.1, -0.05) is 19.9 Å². The number of carbonyl (C=O) groups excluding carboxylic acids is 1. The lowest BCUT2D eigenvalue weighted by Crippen LogP contribution is -2.20. The van der Waals surface area contributed by atoms with E-state index in [4.69, 9.17) is 9.84 Å². The van der Waals surface area contributed by atoms with E-state index in [1.54, 1.807) is 0 Å². The third-order valence-corrected chi connectivity index (χ3v) is 3.74. The lowest BCUT2D eigenvalue weighted by Gasteiger charge is -2.12. The number of nitrogens with one attached hydrogen (secondary N) is 1. The summed E-state index contributed by atoms with van der Waals surface area (Å²) in [4.78, 5) is 22.9. The van der Waals surface area contributed by atoms with Gasteiger partial charge in [0.2, 0.25) is 0 Å². The first-order valence-corrected chi connectivity index (χ1v) is 7.87. The summed E-state index contributed by atoms with van der Waals surface area (Å²) >= 11 is 0. The van der Waals surface area contributed by atoms with Gasteiger partial charge in [-0.3, -0.25) is 4.79 Å². The maximum Gasteiger partial charge on any atom is 0.339 e. The smallest absolute Gasteiger partial charge is 0.339 e. The molecule has 25 heavy (non-hydrogen) atoms. The maximum atomic E-state index is 12.0. The van der Waals surface area contributed by atoms with Crippen molar-refractivity contribution >= 4 is 17.6 Å². The van der Waals surface area contributed by atoms with Crippen LogP contribution in [0.1, 0.15) is 41.3 Å². The third kappa shape index (κ3) is 4.73. The van der Waals surface area contributed by atoms with Gasteiger partial charge < -0.3 is 20.3 Å². The molecule has 0 saturated carbocycles. The highest BCUT2D eigenvalue weighted by molar-refractivity contribution is 5.96. The zero-order valence-corrected chi connectivity index (χ0v) is 14.4. The van der Waals surface area contributed by atoms with Crippen molar-refractivity contribution in [1.82, 2.24) is 0 Å². The van der Waals surface area contributed by atoms with E-state index >= 15 is 0 Å². The van der Waals surface area contributed by atoms with E-state index in [9.17, 15) is 14.7 Å². The number of amides is 1. The van der Waals surface area contributed by atoms with E-state index in [0.717, 1.165) is 5.56 Å². The van der Waals surface area contributed by atoms with E-state index in [1.807, 2.05) is 25.1 Å². The first kappa shape index (κ1) is 18.3. The molecule has 2 aromatic carbocycles. The van der Waals surface area contributed by atoms with Crippen molar-refractivity contribution in [2.24, 2.45) is 0 Å². The van der Waals surface area contributed by atoms with Gasteiger partial charge in [-0.25, -0.2) is 4.79 Å². The molecule has 0 saturated heterocycles. The number of hydrogen-bond acceptors (Lipinski definition) is 4. The summed E-state index contributed by atoms with van der Waals surface area (Å²) in [5.41, 5.74) is 2.31. The topological polar surface area (TPSA) is 95.9 Å². The van der Waals surface area contributed by atoms with E-state index < -0.39 is 11.9 Å². The predicted octanol–water partition coefficient (Wildman–Crippen LogP) is 3.54. The van der Waals surface area contributed by atoms with Crippen LogP contribution in [0.4, 0.5) is 5.69 Å². The highest BCUT2D eigenvalue weighted by atomic mass is 16.5. The van der Waals surface area contributed by atoms with Crippen LogP contribution in [0.2, 0.25) is 0 Å². The van der Waals surface area contributed by atoms with Crippen LogP contribution in [-0.2, 0) is 4.79 Å². The predicted molar refractivity (Wildman–Crippen MR) is 94.5 cm³/mol. The zero-order chi connectivity index (χ0) is 18.6. The second-order valence-corrected chi connectivity index (χ2v) is 6.05. The summed E-state index contributed by atoms with van der Waals surface area (Å²) in [6, 6.07) is 9.50. The lowest BCUT2D eigenvalue weighted by molar-refractivity contribution is -0.118. The molecule has 0 spiro atoms. The summed E-state index contributed by atoms with van der Waals surface area (Å²) in [5.74, 6) is -1.05. The maximum absolute atomic E-state index is 12.0. The van der Waals surface area contributed by atoms with Crippen molar-refractivity contribution in [3.63, 3.8) is 0 Å². The molecule has 0 unspecified atom stereocenters. The van der Waals surface area contributed by atoms with Crippen molar-refractivity contribution in [2.45, 2.75) is 26.7 Å². The van der Waals surface area contributed by atoms with Crippen LogP contribution in [0.15, 0.2) is 36.4 Å². The van der Waals surface area contributed by atoms with E-state index in [2.05, 4.69) is 19.2 Å². The van der Waals surface area contributed by atoms with Gasteiger partial charge in [0.25, 0.3) is 5.91 Å². The Labute approximate surface area is 146 Å². The summed E-state index contributed by atoms with van der Waals surface area (Å²) < 4.78 is 5.48. The molecule has 3 N–H and O–H groups in total. The van der Waals surface area contributed by atoms with Crippen LogP contribution in [0.25, 0.3) is 0 Å². The normalized spacial score (nSPS) is 10.6. The average Bonchev–Trinajstić information content (AvgIpc) is 2.54. The van der Waals surface area contributed by atoms with Crippen LogP contribution in [-0.4, -0.2) is 28.7 Å². The van der Waals surface area contributed by atoms with Crippen molar-refractivity contribution in [2.75, 3.05) is 11.9 Å². The van der Waals surface area contributed by atoms with E-state index in [1.165, 1.54) is 23.8 Å². The molecule has 6 heteroatoms. The Morgan fingerprint density at radius 2 is 1.88 bits per heavy atom. The lowest BCUT2D eigenvalue weighted by atomic mass is 9.98. The molecule has 1 amide bonds. The molecule has 0 aromatic heterocycles. The van der Waals surface area contributed by atoms with Gasteiger partial charge in [0.1, 0.15) is 17.1 Å². The van der Waals surface area contributed by atoms with Crippen molar-refractivity contribution < 1.29 is 24.5 Å². The number of ether oxygens (including phenoxy) is 1. The molecule has 0 fully saturated rings. The Bertz CT molecular complexity index is 798. The molecule has 0 aliphatic rings. The number of carboxylic acid groups (broad SMARTS) is 1. The number of benzene rings is 2. The van der Waals surface area contributed by atoms with Crippen LogP contribution in [0, 0.1) is 6.92 Å². The average molecular weight is 343 g/mol. The van der Waals surface area contributed by atoms with Gasteiger partial charge in [0.15, 0.2) is 6.61 Å². The van der Waals surface area contributed by atoms with E-state index in [-0.39, 0.29) is 23.6 Å². The van der Waals surface area contributed by atoms with Crippen LogP contribution < -0.4 is 10.1 Å². The second-order valence-electron chi connectivity index (χ2n) is 6.05. The number of anilines is 1. The molecule has 0 aliphatic heterocycles. The molecule has 0 heterocycles. The molecule has 0 radical (unpaired) electrons. The molecular formula is C19H21NO5. The fourth-order valence-electron chi connectivity index (χ4n) is 2.52. The number of rotatable bonds is 6. The fourth-order valence-corrected chi connectivity index (χ4v) is 2.52. The van der Waals surface area contributed by atoms with Gasteiger partial charge in [-0.2, -0.15) is 0 Å². The van der Waals surface area contributed by atoms with Gasteiger partial charge in [0.05, 0.1) is 0 Å². The Balaban J connectivity index is 1.98. The number of aryl methyl sites for hydroxylation is 1. The first-order chi connectivity index (χ1) is 11.8. The van der Waals surface area contributed by atoms with Crippen molar-refractivity contribution in [3.8, 4) is 11.5 Å². The highest BCUT2D eigenvalue weighted by Gasteiger charge is 2.12. The Morgan fingerprint density at radius 1 is 1.16 bits per heavy atom. The third-order valence-electron chi connectivity index (χ3n) is 3.74. The number of phenols is 1. The second kappa shape index (κ2) is 7.70. The number of aromatic carboxylic acids is 1. The molecule has 0 aliphatic carbocycles. The molecule has 0 atom stereocenters. The fraction of sp³-hybridized carbons (Fsp3) is 0.263. The number of aromatic hydroxyl groups is 1. The summed E-state index contributed by atoms with van der Waals surface area (Å²) in [6.07, 6.45) is 0. The van der Waals surface area contributed by atoms with Crippen LogP contribution in [0.3, 0.4) is 0 Å². The highest BCUT2D eigenvalue weighted by Crippen LogP contribution is 2.24. The van der Waals surface area contributed by atoms with Crippen LogP contribution in [0.5, 0.6) is 11.5 Å². The standard InChI is InChI=1S/C19H21NO5/c1-11(2)15-6-5-14(8-12(15)3)25-10-18(22)20-13-4-7-17(21)16(9-13)19(23)24/h4-9,11,21H,10H2,1-3H3,(H,20,22)(H,23,24). The Kier molecular flexibility index (Phi) is 5.64. The number of carbonyl (C=O) groups is 2. The minimum absolute atomic E-state index is 0.205. The largest absolute Gasteiger partial charge is 0.507 e. The van der Waals surface area contributed by atoms with Crippen LogP contribution >= 0.6 is 0 Å². The summed E-state index contributed by atoms with van der Waals surface area (Å²) in [6.45, 7) is 6.01. The molecule has 2 aromatic rings.